The Morgan fingerprint density at radius 1 is 1.55 bits per heavy atom. The number of hydrogen-bond donors (Lipinski definition) is 1. The third kappa shape index (κ3) is 3.51. The quantitative estimate of drug-likeness (QED) is 0.607. The first-order chi connectivity index (χ1) is 5.29. The van der Waals surface area contributed by atoms with Crippen molar-refractivity contribution in [3.05, 3.63) is 0 Å². The molecule has 1 fully saturated rings. The molecular formula is C9H17NO. The van der Waals surface area contributed by atoms with Gasteiger partial charge in [0.1, 0.15) is 5.78 Å². The van der Waals surface area contributed by atoms with Crippen LogP contribution in [0.25, 0.3) is 0 Å². The summed E-state index contributed by atoms with van der Waals surface area (Å²) in [6.45, 7) is 3.63. The van der Waals surface area contributed by atoms with Crippen LogP contribution in [0.4, 0.5) is 0 Å². The number of ketones is 1. The molecule has 0 aromatic rings. The van der Waals surface area contributed by atoms with Gasteiger partial charge in [0.05, 0.1) is 0 Å². The van der Waals surface area contributed by atoms with Crippen LogP contribution in [0.5, 0.6) is 0 Å². The minimum absolute atomic E-state index is 0.283. The molecule has 1 N–H and O–H groups in total. The van der Waals surface area contributed by atoms with Crippen LogP contribution < -0.4 is 5.32 Å². The number of Topliss-reactive ketones (excluding diaryl/α,β-unsaturated/α-hetero) is 1. The zero-order valence-electron chi connectivity index (χ0n) is 7.23. The molecule has 0 bridgehead atoms. The highest BCUT2D eigenvalue weighted by Crippen LogP contribution is 2.24. The summed E-state index contributed by atoms with van der Waals surface area (Å²) in [5.41, 5.74) is 0. The van der Waals surface area contributed by atoms with E-state index in [1.54, 1.807) is 6.92 Å². The van der Waals surface area contributed by atoms with E-state index >= 15 is 0 Å². The Hall–Kier alpha value is -0.370. The van der Waals surface area contributed by atoms with Gasteiger partial charge >= 0.3 is 0 Å². The summed E-state index contributed by atoms with van der Waals surface area (Å²) in [7, 11) is 0. The molecule has 0 radical (unpaired) electrons. The van der Waals surface area contributed by atoms with Gasteiger partial charge in [0.25, 0.3) is 0 Å². The van der Waals surface area contributed by atoms with Crippen LogP contribution in [-0.2, 0) is 4.79 Å². The standard InChI is InChI=1S/C9H17NO/c1-8(11)5-6-10-7-9-3-2-4-9/h9-10H,2-7H2,1H3. The van der Waals surface area contributed by atoms with E-state index in [0.717, 1.165) is 19.0 Å². The number of hydrogen-bond acceptors (Lipinski definition) is 2. The highest BCUT2D eigenvalue weighted by Gasteiger charge is 2.15. The van der Waals surface area contributed by atoms with Crippen LogP contribution in [0.15, 0.2) is 0 Å². The van der Waals surface area contributed by atoms with E-state index in [2.05, 4.69) is 5.32 Å². The van der Waals surface area contributed by atoms with Crippen LogP contribution in [-0.4, -0.2) is 18.9 Å². The molecule has 1 aliphatic carbocycles. The van der Waals surface area contributed by atoms with Gasteiger partial charge in [-0.05, 0) is 32.2 Å². The summed E-state index contributed by atoms with van der Waals surface area (Å²) < 4.78 is 0. The number of carbonyl (C=O) groups excluding carboxylic acids is 1. The fourth-order valence-corrected chi connectivity index (χ4v) is 1.27. The van der Waals surface area contributed by atoms with E-state index in [1.165, 1.54) is 19.3 Å². The molecular weight excluding hydrogens is 138 g/mol. The molecule has 0 amide bonds. The topological polar surface area (TPSA) is 29.1 Å². The third-order valence-electron chi connectivity index (χ3n) is 2.31. The minimum Gasteiger partial charge on any atom is -0.316 e. The lowest BCUT2D eigenvalue weighted by molar-refractivity contribution is -0.116. The van der Waals surface area contributed by atoms with E-state index in [4.69, 9.17) is 0 Å². The van der Waals surface area contributed by atoms with Crippen LogP contribution >= 0.6 is 0 Å². The average Bonchev–Trinajstić information content (AvgIpc) is 1.82. The second-order valence-electron chi connectivity index (χ2n) is 3.45. The van der Waals surface area contributed by atoms with E-state index < -0.39 is 0 Å². The Morgan fingerprint density at radius 3 is 2.73 bits per heavy atom. The van der Waals surface area contributed by atoms with Crippen molar-refractivity contribution in [3.63, 3.8) is 0 Å². The SMILES string of the molecule is CC(=O)CCNCC1CCC1. The van der Waals surface area contributed by atoms with Gasteiger partial charge in [-0.25, -0.2) is 0 Å². The molecule has 0 aromatic heterocycles. The van der Waals surface area contributed by atoms with E-state index in [9.17, 15) is 4.79 Å². The molecule has 64 valence electrons. The van der Waals surface area contributed by atoms with Gasteiger partial charge in [-0.2, -0.15) is 0 Å². The van der Waals surface area contributed by atoms with Crippen molar-refractivity contribution in [2.75, 3.05) is 13.1 Å². The Kier molecular flexibility index (Phi) is 3.57. The zero-order chi connectivity index (χ0) is 8.10. The summed E-state index contributed by atoms with van der Waals surface area (Å²) in [4.78, 5) is 10.5. The molecule has 0 atom stereocenters. The van der Waals surface area contributed by atoms with Crippen molar-refractivity contribution in [2.45, 2.75) is 32.6 Å². The highest BCUT2D eigenvalue weighted by atomic mass is 16.1. The molecule has 0 aliphatic heterocycles. The maximum Gasteiger partial charge on any atom is 0.131 e. The Labute approximate surface area is 68.4 Å². The van der Waals surface area contributed by atoms with Crippen LogP contribution in [0.2, 0.25) is 0 Å². The fraction of sp³-hybridized carbons (Fsp3) is 0.889. The molecule has 0 aromatic carbocycles. The first kappa shape index (κ1) is 8.72. The van der Waals surface area contributed by atoms with Crippen molar-refractivity contribution in [1.29, 1.82) is 0 Å². The Bertz CT molecular complexity index is 130. The summed E-state index contributed by atoms with van der Waals surface area (Å²) in [5.74, 6) is 1.19. The number of carbonyl (C=O) groups is 1. The molecule has 1 aliphatic rings. The lowest BCUT2D eigenvalue weighted by Gasteiger charge is -2.25. The highest BCUT2D eigenvalue weighted by molar-refractivity contribution is 5.75. The smallest absolute Gasteiger partial charge is 0.131 e. The fourth-order valence-electron chi connectivity index (χ4n) is 1.27. The minimum atomic E-state index is 0.283. The lowest BCUT2D eigenvalue weighted by Crippen LogP contribution is -2.28. The predicted octanol–water partition coefficient (Wildman–Crippen LogP) is 1.36. The lowest BCUT2D eigenvalue weighted by atomic mass is 9.85. The van der Waals surface area contributed by atoms with E-state index in [0.29, 0.717) is 6.42 Å². The van der Waals surface area contributed by atoms with Gasteiger partial charge in [0, 0.05) is 13.0 Å². The summed E-state index contributed by atoms with van der Waals surface area (Å²) in [5, 5.41) is 3.30. The van der Waals surface area contributed by atoms with Gasteiger partial charge in [0.2, 0.25) is 0 Å². The van der Waals surface area contributed by atoms with Crippen LogP contribution in [0.3, 0.4) is 0 Å². The second-order valence-corrected chi connectivity index (χ2v) is 3.45. The largest absolute Gasteiger partial charge is 0.316 e. The zero-order valence-corrected chi connectivity index (χ0v) is 7.23. The van der Waals surface area contributed by atoms with E-state index in [-0.39, 0.29) is 5.78 Å². The molecule has 2 nitrogen and oxygen atoms in total. The monoisotopic (exact) mass is 155 g/mol. The molecule has 0 spiro atoms. The first-order valence-electron chi connectivity index (χ1n) is 4.49. The number of rotatable bonds is 5. The first-order valence-corrected chi connectivity index (χ1v) is 4.49. The molecule has 2 heteroatoms. The maximum atomic E-state index is 10.5. The van der Waals surface area contributed by atoms with Gasteiger partial charge in [0.15, 0.2) is 0 Å². The molecule has 0 unspecified atom stereocenters. The second kappa shape index (κ2) is 4.50. The third-order valence-corrected chi connectivity index (χ3v) is 2.31. The van der Waals surface area contributed by atoms with Crippen LogP contribution in [0.1, 0.15) is 32.6 Å². The molecule has 0 heterocycles. The number of nitrogens with one attached hydrogen (secondary N) is 1. The molecule has 1 saturated carbocycles. The molecule has 0 saturated heterocycles. The van der Waals surface area contributed by atoms with Crippen molar-refractivity contribution >= 4 is 5.78 Å². The van der Waals surface area contributed by atoms with Gasteiger partial charge in [-0.15, -0.1) is 0 Å². The molecule has 11 heavy (non-hydrogen) atoms. The summed E-state index contributed by atoms with van der Waals surface area (Å²) >= 11 is 0. The maximum absolute atomic E-state index is 10.5. The van der Waals surface area contributed by atoms with Crippen molar-refractivity contribution in [2.24, 2.45) is 5.92 Å². The van der Waals surface area contributed by atoms with Gasteiger partial charge in [-0.3, -0.25) is 4.79 Å². The summed E-state index contributed by atoms with van der Waals surface area (Å²) in [6.07, 6.45) is 4.85. The van der Waals surface area contributed by atoms with Gasteiger partial charge < -0.3 is 5.32 Å². The van der Waals surface area contributed by atoms with Crippen molar-refractivity contribution in [3.8, 4) is 0 Å². The normalized spacial score (nSPS) is 17.9. The Morgan fingerprint density at radius 2 is 2.27 bits per heavy atom. The van der Waals surface area contributed by atoms with Gasteiger partial charge in [-0.1, -0.05) is 6.42 Å². The summed E-state index contributed by atoms with van der Waals surface area (Å²) in [6, 6.07) is 0. The predicted molar refractivity (Wildman–Crippen MR) is 45.5 cm³/mol. The average molecular weight is 155 g/mol. The Balaban J connectivity index is 1.83. The van der Waals surface area contributed by atoms with Crippen LogP contribution in [0, 0.1) is 5.92 Å². The van der Waals surface area contributed by atoms with Crippen molar-refractivity contribution < 1.29 is 4.79 Å². The van der Waals surface area contributed by atoms with E-state index in [1.807, 2.05) is 0 Å². The van der Waals surface area contributed by atoms with Crippen molar-refractivity contribution in [1.82, 2.24) is 5.32 Å². The molecule has 1 rings (SSSR count).